The number of aromatic nitrogens is 4. The van der Waals surface area contributed by atoms with Crippen LogP contribution in [0.15, 0.2) is 36.5 Å². The lowest BCUT2D eigenvalue weighted by atomic mass is 10.1. The molecule has 3 N–H and O–H groups in total. The molecule has 8 nitrogen and oxygen atoms in total. The Labute approximate surface area is 166 Å². The first kappa shape index (κ1) is 19.6. The number of carbonyl (C=O) groups excluding carboxylic acids is 1. The molecule has 2 aromatic heterocycles. The van der Waals surface area contributed by atoms with E-state index in [1.807, 2.05) is 25.3 Å². The molecule has 0 aliphatic rings. The molecule has 3 aromatic rings. The zero-order valence-electron chi connectivity index (χ0n) is 15.4. The first-order valence-electron chi connectivity index (χ1n) is 8.61. The molecule has 144 valence electrons. The van der Waals surface area contributed by atoms with E-state index >= 15 is 0 Å². The highest BCUT2D eigenvalue weighted by molar-refractivity contribution is 6.32. The van der Waals surface area contributed by atoms with Gasteiger partial charge in [-0.25, -0.2) is 0 Å². The minimum Gasteiger partial charge on any atom is -0.387 e. The van der Waals surface area contributed by atoms with E-state index in [4.69, 9.17) is 22.6 Å². The Morgan fingerprint density at radius 2 is 2.07 bits per heavy atom. The number of primary amides is 1. The Morgan fingerprint density at radius 3 is 2.68 bits per heavy atom. The lowest BCUT2D eigenvalue weighted by Gasteiger charge is -2.17. The van der Waals surface area contributed by atoms with Crippen molar-refractivity contribution in [3.05, 3.63) is 58.5 Å². The summed E-state index contributed by atoms with van der Waals surface area (Å²) in [6.07, 6.45) is 1.02. The molecule has 0 spiro atoms. The maximum Gasteiger partial charge on any atom is 0.269 e. The van der Waals surface area contributed by atoms with Crippen molar-refractivity contribution in [3.8, 4) is 17.3 Å². The minimum absolute atomic E-state index is 0.108. The highest BCUT2D eigenvalue weighted by atomic mass is 35.5. The standard InChI is InChI=1S/C19H19ClN6O2/c1-11(26-18(12(2)27)8-17(24-26)19(22)28)10-25-6-5-16(23-25)13-3-4-14(9-21)15(20)7-13/h3-8,11-12,27H,10H2,1-2H3,(H2,22,28)/t11-,12-/m0/s1. The van der Waals surface area contributed by atoms with Gasteiger partial charge in [-0.15, -0.1) is 0 Å². The molecule has 0 radical (unpaired) electrons. The van der Waals surface area contributed by atoms with Crippen molar-refractivity contribution in [2.45, 2.75) is 32.5 Å². The van der Waals surface area contributed by atoms with Crippen LogP contribution in [0.5, 0.6) is 0 Å². The topological polar surface area (TPSA) is 123 Å². The fourth-order valence-corrected chi connectivity index (χ4v) is 3.15. The average molecular weight is 399 g/mol. The van der Waals surface area contributed by atoms with Gasteiger partial charge >= 0.3 is 0 Å². The summed E-state index contributed by atoms with van der Waals surface area (Å²) in [5.41, 5.74) is 7.85. The van der Waals surface area contributed by atoms with Gasteiger partial charge in [-0.3, -0.25) is 14.2 Å². The summed E-state index contributed by atoms with van der Waals surface area (Å²) < 4.78 is 3.33. The van der Waals surface area contributed by atoms with Gasteiger partial charge in [-0.05, 0) is 38.1 Å². The number of halogens is 1. The van der Waals surface area contributed by atoms with Crippen molar-refractivity contribution in [1.29, 1.82) is 5.26 Å². The highest BCUT2D eigenvalue weighted by Gasteiger charge is 2.19. The Morgan fingerprint density at radius 1 is 1.32 bits per heavy atom. The molecule has 0 fully saturated rings. The summed E-state index contributed by atoms with van der Waals surface area (Å²) >= 11 is 6.10. The highest BCUT2D eigenvalue weighted by Crippen LogP contribution is 2.25. The van der Waals surface area contributed by atoms with Gasteiger partial charge in [-0.2, -0.15) is 15.5 Å². The van der Waals surface area contributed by atoms with Gasteiger partial charge < -0.3 is 10.8 Å². The average Bonchev–Trinajstić information content (AvgIpc) is 3.29. The summed E-state index contributed by atoms with van der Waals surface area (Å²) in [5.74, 6) is -0.646. The van der Waals surface area contributed by atoms with Gasteiger partial charge in [0, 0.05) is 11.8 Å². The molecule has 2 heterocycles. The molecular weight excluding hydrogens is 380 g/mol. The Balaban J connectivity index is 1.83. The number of benzene rings is 1. The number of aliphatic hydroxyl groups excluding tert-OH is 1. The van der Waals surface area contributed by atoms with Crippen LogP contribution in [-0.2, 0) is 6.54 Å². The van der Waals surface area contributed by atoms with Gasteiger partial charge in [0.05, 0.1) is 40.7 Å². The first-order chi connectivity index (χ1) is 13.3. The van der Waals surface area contributed by atoms with Crippen LogP contribution < -0.4 is 5.73 Å². The Bertz CT molecular complexity index is 1060. The van der Waals surface area contributed by atoms with Crippen LogP contribution >= 0.6 is 11.6 Å². The van der Waals surface area contributed by atoms with E-state index in [0.29, 0.717) is 28.5 Å². The molecule has 0 bridgehead atoms. The Kier molecular flexibility index (Phi) is 5.49. The van der Waals surface area contributed by atoms with Gasteiger partial charge in [-0.1, -0.05) is 17.7 Å². The number of rotatable bonds is 6. The summed E-state index contributed by atoms with van der Waals surface area (Å²) in [7, 11) is 0. The molecule has 3 rings (SSSR count). The number of hydrogen-bond acceptors (Lipinski definition) is 5. The predicted octanol–water partition coefficient (Wildman–Crippen LogP) is 2.69. The van der Waals surface area contributed by atoms with Crippen molar-refractivity contribution < 1.29 is 9.90 Å². The smallest absolute Gasteiger partial charge is 0.269 e. The lowest BCUT2D eigenvalue weighted by molar-refractivity contribution is 0.0994. The van der Waals surface area contributed by atoms with Crippen LogP contribution in [0.3, 0.4) is 0 Å². The second-order valence-electron chi connectivity index (χ2n) is 6.52. The van der Waals surface area contributed by atoms with E-state index in [2.05, 4.69) is 10.2 Å². The largest absolute Gasteiger partial charge is 0.387 e. The van der Waals surface area contributed by atoms with E-state index in [9.17, 15) is 9.90 Å². The molecule has 0 saturated heterocycles. The van der Waals surface area contributed by atoms with Gasteiger partial charge in [0.1, 0.15) is 11.8 Å². The zero-order chi connectivity index (χ0) is 20.4. The molecule has 0 aliphatic heterocycles. The number of aliphatic hydroxyl groups is 1. The van der Waals surface area contributed by atoms with Crippen molar-refractivity contribution in [1.82, 2.24) is 19.6 Å². The van der Waals surface area contributed by atoms with E-state index in [-0.39, 0.29) is 11.7 Å². The number of hydrogen-bond donors (Lipinski definition) is 2. The fourth-order valence-electron chi connectivity index (χ4n) is 2.92. The third-order valence-corrected chi connectivity index (χ3v) is 4.65. The van der Waals surface area contributed by atoms with Crippen molar-refractivity contribution in [2.75, 3.05) is 0 Å². The van der Waals surface area contributed by atoms with Crippen LogP contribution in [0.4, 0.5) is 0 Å². The lowest BCUT2D eigenvalue weighted by Crippen LogP contribution is -2.19. The summed E-state index contributed by atoms with van der Waals surface area (Å²) in [6, 6.07) is 10.3. The molecule has 1 amide bonds. The van der Waals surface area contributed by atoms with Gasteiger partial charge in [0.15, 0.2) is 0 Å². The third-order valence-electron chi connectivity index (χ3n) is 4.34. The molecule has 1 aromatic carbocycles. The summed E-state index contributed by atoms with van der Waals surface area (Å²) in [6.45, 7) is 3.97. The van der Waals surface area contributed by atoms with E-state index in [0.717, 1.165) is 5.56 Å². The number of amides is 1. The van der Waals surface area contributed by atoms with E-state index < -0.39 is 12.0 Å². The molecular formula is C19H19ClN6O2. The molecule has 28 heavy (non-hydrogen) atoms. The maximum atomic E-state index is 11.4. The quantitative estimate of drug-likeness (QED) is 0.660. The maximum absolute atomic E-state index is 11.4. The van der Waals surface area contributed by atoms with E-state index in [1.165, 1.54) is 6.07 Å². The van der Waals surface area contributed by atoms with Crippen molar-refractivity contribution in [3.63, 3.8) is 0 Å². The predicted molar refractivity (Wildman–Crippen MR) is 103 cm³/mol. The zero-order valence-corrected chi connectivity index (χ0v) is 16.1. The fraction of sp³-hybridized carbons (Fsp3) is 0.263. The Hall–Kier alpha value is -3.15. The second-order valence-corrected chi connectivity index (χ2v) is 6.92. The molecule has 0 saturated carbocycles. The van der Waals surface area contributed by atoms with Crippen molar-refractivity contribution >= 4 is 17.5 Å². The number of nitrogens with two attached hydrogens (primary N) is 1. The van der Waals surface area contributed by atoms with Gasteiger partial charge in [0.2, 0.25) is 0 Å². The normalized spacial score (nSPS) is 13.1. The number of nitrogens with zero attached hydrogens (tertiary/aromatic N) is 5. The SMILES string of the molecule is C[C@H](O)c1cc(C(N)=O)nn1[C@@H](C)Cn1ccc(-c2ccc(C#N)c(Cl)c2)n1. The van der Waals surface area contributed by atoms with Crippen molar-refractivity contribution in [2.24, 2.45) is 5.73 Å². The summed E-state index contributed by atoms with van der Waals surface area (Å²) in [4.78, 5) is 11.4. The number of carbonyl (C=O) groups is 1. The molecule has 2 atom stereocenters. The summed E-state index contributed by atoms with van der Waals surface area (Å²) in [5, 5.41) is 28.1. The van der Waals surface area contributed by atoms with Gasteiger partial charge in [0.25, 0.3) is 5.91 Å². The minimum atomic E-state index is -0.794. The monoisotopic (exact) mass is 398 g/mol. The molecule has 9 heteroatoms. The third kappa shape index (κ3) is 3.91. The second kappa shape index (κ2) is 7.84. The number of nitriles is 1. The van der Waals surface area contributed by atoms with Crippen LogP contribution in [-0.4, -0.2) is 30.6 Å². The van der Waals surface area contributed by atoms with Crippen LogP contribution in [0.25, 0.3) is 11.3 Å². The first-order valence-corrected chi connectivity index (χ1v) is 8.98. The van der Waals surface area contributed by atoms with Crippen LogP contribution in [0, 0.1) is 11.3 Å². The van der Waals surface area contributed by atoms with E-state index in [1.54, 1.807) is 34.5 Å². The van der Waals surface area contributed by atoms with Crippen LogP contribution in [0.2, 0.25) is 5.02 Å². The molecule has 0 aliphatic carbocycles. The molecule has 0 unspecified atom stereocenters. The van der Waals surface area contributed by atoms with Crippen LogP contribution in [0.1, 0.15) is 47.7 Å².